The lowest BCUT2D eigenvalue weighted by atomic mass is 9.93. The first-order chi connectivity index (χ1) is 11.2. The molecule has 6 heteroatoms. The highest BCUT2D eigenvalue weighted by Crippen LogP contribution is 2.38. The van der Waals surface area contributed by atoms with Gasteiger partial charge in [-0.3, -0.25) is 4.79 Å². The maximum Gasteiger partial charge on any atom is 0.416 e. The fraction of sp³-hybridized carbons (Fsp3) is 0.222. The summed E-state index contributed by atoms with van der Waals surface area (Å²) in [7, 11) is 0. The fourth-order valence-electron chi connectivity index (χ4n) is 2.43. The number of halogens is 4. The van der Waals surface area contributed by atoms with Crippen LogP contribution < -0.4 is 0 Å². The molecule has 0 heterocycles. The predicted octanol–water partition coefficient (Wildman–Crippen LogP) is 5.53. The van der Waals surface area contributed by atoms with Gasteiger partial charge in [0, 0.05) is 11.1 Å². The first kappa shape index (κ1) is 17.8. The summed E-state index contributed by atoms with van der Waals surface area (Å²) in [6, 6.07) is 5.38. The summed E-state index contributed by atoms with van der Waals surface area (Å²) in [5.41, 5.74) is -0.201. The molecule has 2 rings (SSSR count). The summed E-state index contributed by atoms with van der Waals surface area (Å²) < 4.78 is 57.4. The lowest BCUT2D eigenvalue weighted by Crippen LogP contribution is -2.06. The molecule has 0 fully saturated rings. The lowest BCUT2D eigenvalue weighted by Gasteiger charge is -2.12. The van der Waals surface area contributed by atoms with Gasteiger partial charge in [-0.15, -0.1) is 0 Å². The van der Waals surface area contributed by atoms with E-state index in [1.807, 2.05) is 0 Å². The number of alkyl halides is 3. The SMILES string of the molecule is C=[O+]c1cc(F)c(C(C)C)cc1-c1ccc(C(F)(F)F)cc1C=O. The van der Waals surface area contributed by atoms with Crippen molar-refractivity contribution >= 4 is 13.1 Å². The summed E-state index contributed by atoms with van der Waals surface area (Å²) in [6.07, 6.45) is -4.23. The molecule has 0 amide bonds. The average Bonchev–Trinajstić information content (AvgIpc) is 2.52. The van der Waals surface area contributed by atoms with Gasteiger partial charge in [-0.25, -0.2) is 8.82 Å². The molecule has 126 valence electrons. The van der Waals surface area contributed by atoms with Crippen molar-refractivity contribution in [3.8, 4) is 16.9 Å². The third-order valence-corrected chi connectivity index (χ3v) is 3.67. The smallest absolute Gasteiger partial charge is 0.298 e. The molecule has 24 heavy (non-hydrogen) atoms. The number of hydrogen-bond donors (Lipinski definition) is 0. The maximum absolute atomic E-state index is 14.1. The zero-order valence-corrected chi connectivity index (χ0v) is 13.1. The molecule has 0 unspecified atom stereocenters. The van der Waals surface area contributed by atoms with Crippen molar-refractivity contribution in [3.05, 3.63) is 52.8 Å². The Kier molecular flexibility index (Phi) is 4.87. The second-order valence-corrected chi connectivity index (χ2v) is 5.59. The Hall–Kier alpha value is -2.50. The molecule has 0 bridgehead atoms. The predicted molar refractivity (Wildman–Crippen MR) is 82.9 cm³/mol. The summed E-state index contributed by atoms with van der Waals surface area (Å²) in [6.45, 7) is 6.79. The minimum Gasteiger partial charge on any atom is -0.298 e. The molecule has 0 aliphatic rings. The van der Waals surface area contributed by atoms with Crippen molar-refractivity contribution in [2.24, 2.45) is 0 Å². The van der Waals surface area contributed by atoms with Crippen LogP contribution in [0.25, 0.3) is 11.1 Å². The van der Waals surface area contributed by atoms with Crippen molar-refractivity contribution in [1.82, 2.24) is 0 Å². The number of carbonyl (C=O) groups excluding carboxylic acids is 2. The van der Waals surface area contributed by atoms with Crippen LogP contribution in [0.3, 0.4) is 0 Å². The zero-order chi connectivity index (χ0) is 18.1. The molecule has 0 radical (unpaired) electrons. The third kappa shape index (κ3) is 3.37. The number of hydrogen-bond acceptors (Lipinski definition) is 1. The molecule has 2 aromatic carbocycles. The van der Waals surface area contributed by atoms with E-state index in [9.17, 15) is 22.4 Å². The van der Waals surface area contributed by atoms with Gasteiger partial charge in [0.15, 0.2) is 6.29 Å². The lowest BCUT2D eigenvalue weighted by molar-refractivity contribution is -0.354. The topological polar surface area (TPSA) is 28.4 Å². The Morgan fingerprint density at radius 1 is 1.12 bits per heavy atom. The van der Waals surface area contributed by atoms with Gasteiger partial charge in [0.05, 0.1) is 17.2 Å². The molecule has 0 aliphatic heterocycles. The third-order valence-electron chi connectivity index (χ3n) is 3.67. The molecule has 2 nitrogen and oxygen atoms in total. The van der Waals surface area contributed by atoms with E-state index in [-0.39, 0.29) is 22.8 Å². The van der Waals surface area contributed by atoms with Gasteiger partial charge < -0.3 is 0 Å². The quantitative estimate of drug-likeness (QED) is 0.409. The highest BCUT2D eigenvalue weighted by Gasteiger charge is 2.31. The number of rotatable bonds is 4. The molecule has 0 aliphatic carbocycles. The number of carbonyl (C=O) groups is 1. The Morgan fingerprint density at radius 3 is 2.29 bits per heavy atom. The summed E-state index contributed by atoms with van der Waals surface area (Å²) in [5, 5.41) is 0. The van der Waals surface area contributed by atoms with Crippen LogP contribution in [0.1, 0.15) is 41.3 Å². The van der Waals surface area contributed by atoms with Crippen LogP contribution in [0.2, 0.25) is 0 Å². The first-order valence-electron chi connectivity index (χ1n) is 7.11. The van der Waals surface area contributed by atoms with Crippen LogP contribution in [-0.4, -0.2) is 13.1 Å². The van der Waals surface area contributed by atoms with Crippen molar-refractivity contribution in [2.45, 2.75) is 25.9 Å². The van der Waals surface area contributed by atoms with Gasteiger partial charge in [0.25, 0.3) is 6.79 Å². The van der Waals surface area contributed by atoms with Gasteiger partial charge in [0.2, 0.25) is 0 Å². The average molecular weight is 339 g/mol. The van der Waals surface area contributed by atoms with Crippen LogP contribution in [0.5, 0.6) is 5.75 Å². The van der Waals surface area contributed by atoms with Crippen molar-refractivity contribution in [1.29, 1.82) is 0 Å². The Labute approximate surface area is 136 Å². The van der Waals surface area contributed by atoms with E-state index < -0.39 is 17.6 Å². The van der Waals surface area contributed by atoms with E-state index in [0.717, 1.165) is 18.2 Å². The number of aldehydes is 1. The van der Waals surface area contributed by atoms with E-state index in [2.05, 4.69) is 6.79 Å². The maximum atomic E-state index is 14.1. The van der Waals surface area contributed by atoms with E-state index >= 15 is 0 Å². The van der Waals surface area contributed by atoms with E-state index in [4.69, 9.17) is 4.42 Å². The molecule has 0 aromatic heterocycles. The standard InChI is InChI=1S/C18H15F4O2/c1-10(2)14-7-15(17(24-3)8-16(14)19)13-5-4-12(18(20,21)22)6-11(13)9-23/h4-10H,3H2,1-2H3/q+1. The van der Waals surface area contributed by atoms with Crippen LogP contribution in [-0.2, 0) is 10.6 Å². The van der Waals surface area contributed by atoms with Gasteiger partial charge in [0.1, 0.15) is 5.82 Å². The molecular formula is C18H15F4O2+. The normalized spacial score (nSPS) is 11.6. The van der Waals surface area contributed by atoms with Crippen molar-refractivity contribution in [2.75, 3.05) is 0 Å². The fourth-order valence-corrected chi connectivity index (χ4v) is 2.43. The second-order valence-electron chi connectivity index (χ2n) is 5.59. The summed E-state index contributed by atoms with van der Waals surface area (Å²) in [4.78, 5) is 11.3. The van der Waals surface area contributed by atoms with E-state index in [1.54, 1.807) is 13.8 Å². The number of benzene rings is 2. The van der Waals surface area contributed by atoms with E-state index in [0.29, 0.717) is 17.4 Å². The Morgan fingerprint density at radius 2 is 1.79 bits per heavy atom. The highest BCUT2D eigenvalue weighted by atomic mass is 19.4. The monoisotopic (exact) mass is 339 g/mol. The highest BCUT2D eigenvalue weighted by molar-refractivity contribution is 5.89. The second kappa shape index (κ2) is 6.55. The van der Waals surface area contributed by atoms with Gasteiger partial charge in [-0.05, 0) is 29.7 Å². The van der Waals surface area contributed by atoms with Crippen LogP contribution in [0.15, 0.2) is 30.3 Å². The van der Waals surface area contributed by atoms with Crippen LogP contribution >= 0.6 is 0 Å². The van der Waals surface area contributed by atoms with E-state index in [1.165, 1.54) is 12.1 Å². The molecule has 0 atom stereocenters. The van der Waals surface area contributed by atoms with Crippen molar-refractivity contribution in [3.63, 3.8) is 0 Å². The van der Waals surface area contributed by atoms with Crippen molar-refractivity contribution < 1.29 is 26.8 Å². The summed E-state index contributed by atoms with van der Waals surface area (Å²) in [5.74, 6) is -0.622. The largest absolute Gasteiger partial charge is 0.416 e. The van der Waals surface area contributed by atoms with Crippen LogP contribution in [0.4, 0.5) is 17.6 Å². The Bertz CT molecular complexity index is 792. The molecule has 0 saturated carbocycles. The molecular weight excluding hydrogens is 324 g/mol. The zero-order valence-electron chi connectivity index (χ0n) is 13.1. The molecule has 2 aromatic rings. The van der Waals surface area contributed by atoms with Gasteiger partial charge >= 0.3 is 11.9 Å². The van der Waals surface area contributed by atoms with Gasteiger partial charge in [-0.1, -0.05) is 19.9 Å². The first-order valence-corrected chi connectivity index (χ1v) is 7.11. The molecule has 0 spiro atoms. The van der Waals surface area contributed by atoms with Crippen LogP contribution in [0, 0.1) is 5.82 Å². The molecule has 0 saturated heterocycles. The van der Waals surface area contributed by atoms with Gasteiger partial charge in [-0.2, -0.15) is 13.2 Å². The molecule has 0 N–H and O–H groups in total. The Balaban J connectivity index is 2.73. The summed E-state index contributed by atoms with van der Waals surface area (Å²) >= 11 is 0. The minimum atomic E-state index is -4.56. The minimum absolute atomic E-state index is 0.0414.